The Morgan fingerprint density at radius 3 is 2.82 bits per heavy atom. The van der Waals surface area contributed by atoms with Crippen LogP contribution in [0.4, 0.5) is 13.2 Å². The minimum absolute atomic E-state index is 0.323. The maximum absolute atomic E-state index is 12.1. The Kier molecular flexibility index (Phi) is 3.25. The molecule has 0 aliphatic rings. The fraction of sp³-hybridized carbons (Fsp3) is 0.333. The molecule has 0 saturated carbocycles. The lowest BCUT2D eigenvalue weighted by Gasteiger charge is -2.12. The number of nitrogens with zero attached hydrogens (tertiary/aromatic N) is 3. The number of hydrogen-bond donors (Lipinski definition) is 1. The Morgan fingerprint density at radius 2 is 2.12 bits per heavy atom. The predicted molar refractivity (Wildman–Crippen MR) is 55.8 cm³/mol. The van der Waals surface area contributed by atoms with Crippen LogP contribution in [0, 0.1) is 0 Å². The second kappa shape index (κ2) is 4.53. The van der Waals surface area contributed by atoms with Crippen molar-refractivity contribution in [2.75, 3.05) is 5.75 Å². The summed E-state index contributed by atoms with van der Waals surface area (Å²) in [5.41, 5.74) is 0.552. The normalized spacial score (nSPS) is 14.1. The zero-order chi connectivity index (χ0) is 12.5. The van der Waals surface area contributed by atoms with Gasteiger partial charge < -0.3 is 5.11 Å². The van der Waals surface area contributed by atoms with Crippen LogP contribution in [0.25, 0.3) is 5.65 Å². The van der Waals surface area contributed by atoms with Crippen LogP contribution in [-0.4, -0.2) is 37.7 Å². The van der Waals surface area contributed by atoms with Gasteiger partial charge in [0.2, 0.25) is 0 Å². The van der Waals surface area contributed by atoms with Crippen molar-refractivity contribution in [1.29, 1.82) is 0 Å². The van der Waals surface area contributed by atoms with Crippen molar-refractivity contribution < 1.29 is 18.3 Å². The van der Waals surface area contributed by atoms with Gasteiger partial charge in [-0.05, 0) is 12.1 Å². The molecule has 0 radical (unpaired) electrons. The summed E-state index contributed by atoms with van der Waals surface area (Å²) in [5.74, 6) is -0.501. The van der Waals surface area contributed by atoms with Crippen LogP contribution in [0.2, 0.25) is 0 Å². The molecule has 1 unspecified atom stereocenters. The summed E-state index contributed by atoms with van der Waals surface area (Å²) < 4.78 is 37.8. The number of hydrogen-bond acceptors (Lipinski definition) is 4. The van der Waals surface area contributed by atoms with E-state index in [1.165, 1.54) is 0 Å². The molecule has 4 nitrogen and oxygen atoms in total. The van der Waals surface area contributed by atoms with Gasteiger partial charge in [0.05, 0.1) is 0 Å². The molecule has 0 spiro atoms. The first kappa shape index (κ1) is 12.2. The highest BCUT2D eigenvalue weighted by molar-refractivity contribution is 7.99. The molecule has 8 heteroatoms. The number of rotatable bonds is 3. The van der Waals surface area contributed by atoms with E-state index < -0.39 is 18.0 Å². The second-order valence-electron chi connectivity index (χ2n) is 3.28. The van der Waals surface area contributed by atoms with Crippen LogP contribution >= 0.6 is 11.8 Å². The minimum Gasteiger partial charge on any atom is -0.383 e. The Hall–Kier alpha value is -1.28. The number of thioether (sulfide) groups is 1. The van der Waals surface area contributed by atoms with Crippen LogP contribution in [0.3, 0.4) is 0 Å². The molecular formula is C9H8F3N3OS. The largest absolute Gasteiger partial charge is 0.415 e. The molecule has 92 valence electrons. The van der Waals surface area contributed by atoms with E-state index in [0.29, 0.717) is 10.8 Å². The average molecular weight is 263 g/mol. The Morgan fingerprint density at radius 1 is 1.35 bits per heavy atom. The molecule has 0 amide bonds. The van der Waals surface area contributed by atoms with Crippen molar-refractivity contribution >= 4 is 17.4 Å². The molecule has 2 heterocycles. The number of alkyl halides is 3. The molecule has 2 rings (SSSR count). The summed E-state index contributed by atoms with van der Waals surface area (Å²) in [6.07, 6.45) is -5.31. The van der Waals surface area contributed by atoms with E-state index in [-0.39, 0.29) is 0 Å². The summed E-state index contributed by atoms with van der Waals surface area (Å²) in [5, 5.41) is 16.7. The summed E-state index contributed by atoms with van der Waals surface area (Å²) >= 11 is 0.811. The predicted octanol–water partition coefficient (Wildman–Crippen LogP) is 1.74. The van der Waals surface area contributed by atoms with Gasteiger partial charge in [0.25, 0.3) is 0 Å². The SMILES string of the molecule is OC(CSc1nnc2ccccn12)C(F)(F)F. The number of aliphatic hydroxyl groups excluding tert-OH is 1. The van der Waals surface area contributed by atoms with Gasteiger partial charge in [-0.3, -0.25) is 4.40 Å². The summed E-state index contributed by atoms with van der Waals surface area (Å²) in [4.78, 5) is 0. The molecular weight excluding hydrogens is 255 g/mol. The minimum atomic E-state index is -4.60. The molecule has 2 aromatic rings. The molecule has 1 atom stereocenters. The first-order valence-corrected chi connectivity index (χ1v) is 5.64. The third-order valence-corrected chi connectivity index (χ3v) is 3.05. The van der Waals surface area contributed by atoms with E-state index in [1.807, 2.05) is 0 Å². The van der Waals surface area contributed by atoms with E-state index >= 15 is 0 Å². The lowest BCUT2D eigenvalue weighted by Crippen LogP contribution is -2.30. The van der Waals surface area contributed by atoms with Crippen LogP contribution < -0.4 is 0 Å². The molecule has 0 aliphatic carbocycles. The van der Waals surface area contributed by atoms with Gasteiger partial charge >= 0.3 is 6.18 Å². The molecule has 0 saturated heterocycles. The molecule has 1 N–H and O–H groups in total. The first-order valence-electron chi connectivity index (χ1n) is 4.66. The summed E-state index contributed by atoms with van der Waals surface area (Å²) in [6, 6.07) is 5.17. The van der Waals surface area contributed by atoms with Crippen LogP contribution in [0.5, 0.6) is 0 Å². The number of halogens is 3. The van der Waals surface area contributed by atoms with Gasteiger partial charge in [0.15, 0.2) is 16.9 Å². The van der Waals surface area contributed by atoms with E-state index in [0.717, 1.165) is 11.8 Å². The Labute approximate surface area is 98.5 Å². The van der Waals surface area contributed by atoms with Crippen LogP contribution in [0.1, 0.15) is 0 Å². The van der Waals surface area contributed by atoms with Crippen molar-refractivity contribution in [3.05, 3.63) is 24.4 Å². The lowest BCUT2D eigenvalue weighted by atomic mass is 10.4. The van der Waals surface area contributed by atoms with E-state index in [1.54, 1.807) is 28.8 Å². The molecule has 0 aliphatic heterocycles. The van der Waals surface area contributed by atoms with Gasteiger partial charge in [-0.1, -0.05) is 17.8 Å². The first-order chi connectivity index (χ1) is 7.98. The molecule has 0 fully saturated rings. The van der Waals surface area contributed by atoms with Crippen molar-refractivity contribution in [3.8, 4) is 0 Å². The number of aliphatic hydroxyl groups is 1. The fourth-order valence-corrected chi connectivity index (χ4v) is 2.05. The third-order valence-electron chi connectivity index (χ3n) is 2.03. The van der Waals surface area contributed by atoms with Crippen LogP contribution in [-0.2, 0) is 0 Å². The van der Waals surface area contributed by atoms with E-state index in [9.17, 15) is 13.2 Å². The Bertz CT molecular complexity index is 513. The fourth-order valence-electron chi connectivity index (χ4n) is 1.17. The number of pyridine rings is 1. The van der Waals surface area contributed by atoms with Crippen molar-refractivity contribution in [3.63, 3.8) is 0 Å². The summed E-state index contributed by atoms with van der Waals surface area (Å²) in [7, 11) is 0. The van der Waals surface area contributed by atoms with E-state index in [2.05, 4.69) is 10.2 Å². The second-order valence-corrected chi connectivity index (χ2v) is 4.27. The lowest BCUT2D eigenvalue weighted by molar-refractivity contribution is -0.195. The molecule has 0 aromatic carbocycles. The summed E-state index contributed by atoms with van der Waals surface area (Å²) in [6.45, 7) is 0. The highest BCUT2D eigenvalue weighted by atomic mass is 32.2. The molecule has 17 heavy (non-hydrogen) atoms. The average Bonchev–Trinajstić information content (AvgIpc) is 2.68. The third kappa shape index (κ3) is 2.70. The standard InChI is InChI=1S/C9H8F3N3OS/c10-9(11,12)6(16)5-17-8-14-13-7-3-1-2-4-15(7)8/h1-4,6,16H,5H2. The topological polar surface area (TPSA) is 50.4 Å². The van der Waals surface area contributed by atoms with Gasteiger partial charge in [0, 0.05) is 11.9 Å². The quantitative estimate of drug-likeness (QED) is 0.857. The van der Waals surface area contributed by atoms with Crippen molar-refractivity contribution in [2.24, 2.45) is 0 Å². The monoisotopic (exact) mass is 263 g/mol. The number of aromatic nitrogens is 3. The van der Waals surface area contributed by atoms with Crippen LogP contribution in [0.15, 0.2) is 29.6 Å². The van der Waals surface area contributed by atoms with Gasteiger partial charge in [-0.15, -0.1) is 10.2 Å². The van der Waals surface area contributed by atoms with E-state index in [4.69, 9.17) is 5.11 Å². The zero-order valence-electron chi connectivity index (χ0n) is 8.42. The van der Waals surface area contributed by atoms with Gasteiger partial charge in [-0.2, -0.15) is 13.2 Å². The Balaban J connectivity index is 2.09. The van der Waals surface area contributed by atoms with Crippen molar-refractivity contribution in [1.82, 2.24) is 14.6 Å². The number of fused-ring (bicyclic) bond motifs is 1. The van der Waals surface area contributed by atoms with Gasteiger partial charge in [-0.25, -0.2) is 0 Å². The maximum Gasteiger partial charge on any atom is 0.415 e. The maximum atomic E-state index is 12.1. The molecule has 0 bridgehead atoms. The van der Waals surface area contributed by atoms with Gasteiger partial charge in [0.1, 0.15) is 0 Å². The van der Waals surface area contributed by atoms with Crippen molar-refractivity contribution in [2.45, 2.75) is 17.4 Å². The smallest absolute Gasteiger partial charge is 0.383 e. The zero-order valence-corrected chi connectivity index (χ0v) is 9.24. The highest BCUT2D eigenvalue weighted by Crippen LogP contribution is 2.25. The molecule has 2 aromatic heterocycles. The highest BCUT2D eigenvalue weighted by Gasteiger charge is 2.38.